The molecule has 2 rings (SSSR count). The first-order chi connectivity index (χ1) is 11.8. The van der Waals surface area contributed by atoms with Crippen molar-refractivity contribution in [3.8, 4) is 0 Å². The Morgan fingerprint density at radius 1 is 1.08 bits per heavy atom. The number of carbonyl (C=O) groups is 1. The average molecular weight is 416 g/mol. The fourth-order valence-electron chi connectivity index (χ4n) is 1.88. The van der Waals surface area contributed by atoms with Gasteiger partial charge in [0.05, 0.1) is 21.8 Å². The zero-order valence-corrected chi connectivity index (χ0v) is 13.8. The Morgan fingerprint density at radius 3 is 2.23 bits per heavy atom. The highest BCUT2D eigenvalue weighted by atomic mass is 35.5. The fraction of sp³-hybridized carbons (Fsp3) is 0.0714. The lowest BCUT2D eigenvalue weighted by atomic mass is 10.2. The molecule has 2 N–H and O–H groups in total. The number of sulfonamides is 1. The predicted octanol–water partition coefficient (Wildman–Crippen LogP) is 4.14. The third kappa shape index (κ3) is 4.05. The van der Waals surface area contributed by atoms with Crippen LogP contribution in [0.5, 0.6) is 0 Å². The molecule has 0 bridgehead atoms. The minimum atomic E-state index is -4.96. The van der Waals surface area contributed by atoms with E-state index in [-0.39, 0.29) is 6.07 Å². The van der Waals surface area contributed by atoms with E-state index in [0.29, 0.717) is 24.3 Å². The normalized spacial score (nSPS) is 12.1. The molecule has 0 aromatic heterocycles. The lowest BCUT2D eigenvalue weighted by Gasteiger charge is -2.13. The van der Waals surface area contributed by atoms with E-state index >= 15 is 0 Å². The summed E-state index contributed by atoms with van der Waals surface area (Å²) >= 11 is 5.48. The highest BCUT2D eigenvalue weighted by Gasteiger charge is 2.32. The quantitative estimate of drug-likeness (QED) is 0.735. The van der Waals surface area contributed by atoms with Gasteiger partial charge >= 0.3 is 12.1 Å². The topological polar surface area (TPSA) is 83.5 Å². The van der Waals surface area contributed by atoms with Gasteiger partial charge in [0.25, 0.3) is 10.0 Å². The van der Waals surface area contributed by atoms with Gasteiger partial charge in [-0.05, 0) is 30.3 Å². The minimum Gasteiger partial charge on any atom is -0.478 e. The molecule has 0 aliphatic carbocycles. The van der Waals surface area contributed by atoms with Crippen LogP contribution in [-0.4, -0.2) is 19.5 Å². The minimum absolute atomic E-state index is 0.179. The van der Waals surface area contributed by atoms with Crippen molar-refractivity contribution in [1.82, 2.24) is 0 Å². The monoisotopic (exact) mass is 415 g/mol. The Bertz CT molecular complexity index is 992. The van der Waals surface area contributed by atoms with Crippen molar-refractivity contribution in [3.05, 3.63) is 58.1 Å². The number of nitrogens with one attached hydrogen (secondary N) is 1. The number of carboxylic acids is 1. The molecule has 0 fully saturated rings. The smallest absolute Gasteiger partial charge is 0.416 e. The molecule has 26 heavy (non-hydrogen) atoms. The van der Waals surface area contributed by atoms with Crippen LogP contribution in [-0.2, 0) is 16.2 Å². The van der Waals surface area contributed by atoms with Crippen molar-refractivity contribution in [3.63, 3.8) is 0 Å². The van der Waals surface area contributed by atoms with Crippen molar-refractivity contribution in [2.75, 3.05) is 4.72 Å². The summed E-state index contributed by atoms with van der Waals surface area (Å²) in [6, 6.07) is 1.72. The Hall–Kier alpha value is -2.40. The summed E-state index contributed by atoms with van der Waals surface area (Å²) < 4.78 is 91.4. The standard InChI is InChI=1S/C14H7ClF5NO4S/c15-8-5-10(17)12(4-7(8)13(22)23)26(24,25)21-11-3-6(14(18,19)20)1-2-9(11)16/h1-5,21H,(H,22,23). The van der Waals surface area contributed by atoms with Gasteiger partial charge in [0.15, 0.2) is 0 Å². The summed E-state index contributed by atoms with van der Waals surface area (Å²) in [5.41, 5.74) is -3.21. The van der Waals surface area contributed by atoms with Crippen molar-refractivity contribution >= 4 is 33.3 Å². The maximum atomic E-state index is 13.9. The van der Waals surface area contributed by atoms with Crippen LogP contribution in [0.15, 0.2) is 35.2 Å². The maximum Gasteiger partial charge on any atom is 0.416 e. The molecule has 0 aliphatic heterocycles. The molecule has 0 aliphatic rings. The van der Waals surface area contributed by atoms with E-state index in [1.165, 1.54) is 4.72 Å². The Morgan fingerprint density at radius 2 is 1.69 bits per heavy atom. The molecule has 0 amide bonds. The molecule has 2 aromatic carbocycles. The van der Waals surface area contributed by atoms with Gasteiger partial charge in [-0.1, -0.05) is 11.6 Å². The molecule has 2 aromatic rings. The number of anilines is 1. The number of alkyl halides is 3. The second kappa shape index (κ2) is 6.72. The van der Waals surface area contributed by atoms with Crippen LogP contribution in [0, 0.1) is 11.6 Å². The summed E-state index contributed by atoms with van der Waals surface area (Å²) in [5, 5.41) is 8.30. The van der Waals surface area contributed by atoms with E-state index in [1.54, 1.807) is 0 Å². The van der Waals surface area contributed by atoms with Gasteiger partial charge in [-0.2, -0.15) is 13.2 Å². The molecular weight excluding hydrogens is 409 g/mol. The number of aromatic carboxylic acids is 1. The lowest BCUT2D eigenvalue weighted by molar-refractivity contribution is -0.137. The number of halogens is 6. The largest absolute Gasteiger partial charge is 0.478 e. The first-order valence-corrected chi connectivity index (χ1v) is 8.31. The van der Waals surface area contributed by atoms with Crippen LogP contribution in [0.25, 0.3) is 0 Å². The van der Waals surface area contributed by atoms with Gasteiger partial charge in [-0.25, -0.2) is 22.0 Å². The second-order valence-electron chi connectivity index (χ2n) is 4.87. The van der Waals surface area contributed by atoms with Crippen LogP contribution < -0.4 is 4.72 Å². The highest BCUT2D eigenvalue weighted by Crippen LogP contribution is 2.33. The summed E-state index contributed by atoms with van der Waals surface area (Å²) in [7, 11) is -4.96. The van der Waals surface area contributed by atoms with Gasteiger partial charge in [-0.3, -0.25) is 4.72 Å². The van der Waals surface area contributed by atoms with Gasteiger partial charge < -0.3 is 5.11 Å². The Labute approximate surface area is 148 Å². The van der Waals surface area contributed by atoms with Gasteiger partial charge in [0.1, 0.15) is 16.5 Å². The summed E-state index contributed by atoms with van der Waals surface area (Å²) in [6.07, 6.45) is -4.88. The number of hydrogen-bond acceptors (Lipinski definition) is 3. The number of benzene rings is 2. The average Bonchev–Trinajstić information content (AvgIpc) is 2.47. The van der Waals surface area contributed by atoms with Crippen LogP contribution in [0.1, 0.15) is 15.9 Å². The van der Waals surface area contributed by atoms with Crippen molar-refractivity contribution < 1.29 is 40.3 Å². The lowest BCUT2D eigenvalue weighted by Crippen LogP contribution is -2.17. The highest BCUT2D eigenvalue weighted by molar-refractivity contribution is 7.92. The molecule has 0 radical (unpaired) electrons. The first-order valence-electron chi connectivity index (χ1n) is 6.45. The first kappa shape index (κ1) is 19.9. The zero-order chi connectivity index (χ0) is 19.9. The molecule has 0 spiro atoms. The second-order valence-corrected chi connectivity index (χ2v) is 6.92. The predicted molar refractivity (Wildman–Crippen MR) is 80.6 cm³/mol. The van der Waals surface area contributed by atoms with Crippen molar-refractivity contribution in [2.24, 2.45) is 0 Å². The number of carboxylic acid groups (broad SMARTS) is 1. The van der Waals surface area contributed by atoms with E-state index in [0.717, 1.165) is 0 Å². The number of hydrogen-bond donors (Lipinski definition) is 2. The van der Waals surface area contributed by atoms with Gasteiger partial charge in [0.2, 0.25) is 0 Å². The van der Waals surface area contributed by atoms with E-state index in [1.807, 2.05) is 0 Å². The molecule has 0 atom stereocenters. The Kier molecular flexibility index (Phi) is 5.15. The SMILES string of the molecule is O=C(O)c1cc(S(=O)(=O)Nc2cc(C(F)(F)F)ccc2F)c(F)cc1Cl. The van der Waals surface area contributed by atoms with Crippen LogP contribution in [0.3, 0.4) is 0 Å². The zero-order valence-electron chi connectivity index (χ0n) is 12.2. The van der Waals surface area contributed by atoms with Crippen LogP contribution in [0.2, 0.25) is 5.02 Å². The molecule has 5 nitrogen and oxygen atoms in total. The molecule has 12 heteroatoms. The molecular formula is C14H7ClF5NO4S. The van der Waals surface area contributed by atoms with Gasteiger partial charge in [0, 0.05) is 0 Å². The van der Waals surface area contributed by atoms with E-state index in [4.69, 9.17) is 16.7 Å². The molecule has 0 unspecified atom stereocenters. The Balaban J connectivity index is 2.54. The van der Waals surface area contributed by atoms with Crippen LogP contribution >= 0.6 is 11.6 Å². The third-order valence-electron chi connectivity index (χ3n) is 3.08. The van der Waals surface area contributed by atoms with E-state index < -0.39 is 60.5 Å². The molecule has 140 valence electrons. The summed E-state index contributed by atoms with van der Waals surface area (Å²) in [6.45, 7) is 0. The summed E-state index contributed by atoms with van der Waals surface area (Å²) in [4.78, 5) is 9.75. The maximum absolute atomic E-state index is 13.9. The summed E-state index contributed by atoms with van der Waals surface area (Å²) in [5.74, 6) is -4.49. The molecule has 0 saturated heterocycles. The fourth-order valence-corrected chi connectivity index (χ4v) is 3.25. The van der Waals surface area contributed by atoms with E-state index in [2.05, 4.69) is 0 Å². The van der Waals surface area contributed by atoms with Crippen molar-refractivity contribution in [2.45, 2.75) is 11.1 Å². The van der Waals surface area contributed by atoms with Gasteiger partial charge in [-0.15, -0.1) is 0 Å². The third-order valence-corrected chi connectivity index (χ3v) is 4.77. The molecule has 0 heterocycles. The van der Waals surface area contributed by atoms with Crippen molar-refractivity contribution in [1.29, 1.82) is 0 Å². The van der Waals surface area contributed by atoms with Crippen LogP contribution in [0.4, 0.5) is 27.6 Å². The van der Waals surface area contributed by atoms with E-state index in [9.17, 15) is 35.2 Å². The number of rotatable bonds is 4. The molecule has 0 saturated carbocycles.